The second-order valence-electron chi connectivity index (χ2n) is 4.89. The third-order valence-corrected chi connectivity index (χ3v) is 3.98. The van der Waals surface area contributed by atoms with Crippen molar-refractivity contribution >= 4 is 0 Å². The van der Waals surface area contributed by atoms with Gasteiger partial charge in [-0.3, -0.25) is 0 Å². The van der Waals surface area contributed by atoms with Crippen molar-refractivity contribution in [3.05, 3.63) is 0 Å². The van der Waals surface area contributed by atoms with Crippen LogP contribution in [-0.4, -0.2) is 38.5 Å². The maximum Gasteiger partial charge on any atom is 0.0939 e. The number of ether oxygens (including phenoxy) is 2. The van der Waals surface area contributed by atoms with Crippen LogP contribution in [0.2, 0.25) is 0 Å². The third kappa shape index (κ3) is 2.35. The first kappa shape index (κ1) is 11.4. The molecule has 1 spiro atoms. The lowest BCUT2D eigenvalue weighted by atomic mass is 9.80. The summed E-state index contributed by atoms with van der Waals surface area (Å²) in [6, 6.07) is 0.645. The Morgan fingerprint density at radius 3 is 2.93 bits per heavy atom. The molecule has 3 heteroatoms. The Morgan fingerprint density at radius 1 is 1.47 bits per heavy atom. The van der Waals surface area contributed by atoms with E-state index in [9.17, 15) is 0 Å². The first-order valence-corrected chi connectivity index (χ1v) is 6.18. The maximum atomic E-state index is 5.94. The number of rotatable bonds is 3. The number of hydrogen-bond acceptors (Lipinski definition) is 3. The van der Waals surface area contributed by atoms with Crippen LogP contribution in [0, 0.1) is 5.92 Å². The second-order valence-corrected chi connectivity index (χ2v) is 4.89. The van der Waals surface area contributed by atoms with Gasteiger partial charge in [-0.25, -0.2) is 0 Å². The largest absolute Gasteiger partial charge is 0.378 e. The molecule has 0 aliphatic carbocycles. The van der Waals surface area contributed by atoms with Crippen LogP contribution in [0.3, 0.4) is 0 Å². The van der Waals surface area contributed by atoms with Gasteiger partial charge in [0.05, 0.1) is 12.2 Å². The van der Waals surface area contributed by atoms with Crippen molar-refractivity contribution in [2.75, 3.05) is 26.9 Å². The molecule has 0 radical (unpaired) electrons. The van der Waals surface area contributed by atoms with Crippen LogP contribution in [0.25, 0.3) is 0 Å². The molecule has 15 heavy (non-hydrogen) atoms. The van der Waals surface area contributed by atoms with Crippen molar-refractivity contribution < 1.29 is 9.47 Å². The monoisotopic (exact) mass is 213 g/mol. The SMILES string of the molecule is CCC(NC)C1CCOC2(CCOC2)C1. The van der Waals surface area contributed by atoms with Crippen molar-refractivity contribution in [1.82, 2.24) is 5.32 Å². The molecule has 2 saturated heterocycles. The molecule has 2 aliphatic rings. The summed E-state index contributed by atoms with van der Waals surface area (Å²) in [5.74, 6) is 0.760. The number of hydrogen-bond donors (Lipinski definition) is 1. The molecular weight excluding hydrogens is 190 g/mol. The Morgan fingerprint density at radius 2 is 2.33 bits per heavy atom. The van der Waals surface area contributed by atoms with Gasteiger partial charge in [0.1, 0.15) is 0 Å². The van der Waals surface area contributed by atoms with Crippen LogP contribution in [0.4, 0.5) is 0 Å². The fourth-order valence-electron chi connectivity index (χ4n) is 3.05. The van der Waals surface area contributed by atoms with E-state index in [1.165, 1.54) is 19.3 Å². The van der Waals surface area contributed by atoms with E-state index in [-0.39, 0.29) is 5.60 Å². The summed E-state index contributed by atoms with van der Waals surface area (Å²) in [6.07, 6.45) is 4.66. The van der Waals surface area contributed by atoms with Crippen LogP contribution in [0.5, 0.6) is 0 Å². The average molecular weight is 213 g/mol. The molecular formula is C12H23NO2. The van der Waals surface area contributed by atoms with Gasteiger partial charge in [-0.2, -0.15) is 0 Å². The van der Waals surface area contributed by atoms with Crippen LogP contribution < -0.4 is 5.32 Å². The van der Waals surface area contributed by atoms with Crippen molar-refractivity contribution in [3.8, 4) is 0 Å². The van der Waals surface area contributed by atoms with E-state index >= 15 is 0 Å². The molecule has 2 rings (SSSR count). The van der Waals surface area contributed by atoms with Crippen LogP contribution in [0.15, 0.2) is 0 Å². The molecule has 88 valence electrons. The normalized spacial score (nSPS) is 38.4. The van der Waals surface area contributed by atoms with E-state index in [0.717, 1.165) is 32.2 Å². The zero-order chi connectivity index (χ0) is 10.7. The lowest BCUT2D eigenvalue weighted by Crippen LogP contribution is -2.46. The minimum absolute atomic E-state index is 0.0627. The van der Waals surface area contributed by atoms with E-state index in [0.29, 0.717) is 6.04 Å². The van der Waals surface area contributed by atoms with Crippen LogP contribution in [-0.2, 0) is 9.47 Å². The molecule has 2 fully saturated rings. The topological polar surface area (TPSA) is 30.5 Å². The summed E-state index contributed by atoms with van der Waals surface area (Å²) < 4.78 is 11.4. The molecule has 0 aromatic rings. The highest BCUT2D eigenvalue weighted by Crippen LogP contribution is 2.37. The Balaban J connectivity index is 1.96. The highest BCUT2D eigenvalue weighted by molar-refractivity contribution is 4.93. The van der Waals surface area contributed by atoms with Gasteiger partial charge in [-0.1, -0.05) is 6.92 Å². The quantitative estimate of drug-likeness (QED) is 0.772. The molecule has 3 unspecified atom stereocenters. The fourth-order valence-corrected chi connectivity index (χ4v) is 3.05. The van der Waals surface area contributed by atoms with Crippen molar-refractivity contribution in [2.45, 2.75) is 44.2 Å². The first-order chi connectivity index (χ1) is 7.29. The molecule has 2 heterocycles. The first-order valence-electron chi connectivity index (χ1n) is 6.18. The predicted octanol–water partition coefficient (Wildman–Crippen LogP) is 1.57. The van der Waals surface area contributed by atoms with Gasteiger partial charge in [-0.15, -0.1) is 0 Å². The molecule has 0 bridgehead atoms. The molecule has 3 nitrogen and oxygen atoms in total. The molecule has 2 aliphatic heterocycles. The van der Waals surface area contributed by atoms with Crippen LogP contribution in [0.1, 0.15) is 32.6 Å². The molecule has 0 aromatic heterocycles. The highest BCUT2D eigenvalue weighted by atomic mass is 16.6. The minimum atomic E-state index is 0.0627. The summed E-state index contributed by atoms with van der Waals surface area (Å²) in [7, 11) is 2.07. The molecule has 0 aromatic carbocycles. The molecule has 0 amide bonds. The summed E-state index contributed by atoms with van der Waals surface area (Å²) in [4.78, 5) is 0. The fraction of sp³-hybridized carbons (Fsp3) is 1.00. The van der Waals surface area contributed by atoms with E-state index in [2.05, 4.69) is 19.3 Å². The van der Waals surface area contributed by atoms with Gasteiger partial charge in [0.25, 0.3) is 0 Å². The summed E-state index contributed by atoms with van der Waals surface area (Å²) in [5.41, 5.74) is 0.0627. The van der Waals surface area contributed by atoms with E-state index < -0.39 is 0 Å². The van der Waals surface area contributed by atoms with Gasteiger partial charge in [0.2, 0.25) is 0 Å². The van der Waals surface area contributed by atoms with Crippen LogP contribution >= 0.6 is 0 Å². The second kappa shape index (κ2) is 4.81. The highest BCUT2D eigenvalue weighted by Gasteiger charge is 2.42. The Labute approximate surface area is 92.5 Å². The van der Waals surface area contributed by atoms with Gasteiger partial charge in [-0.05, 0) is 32.2 Å². The van der Waals surface area contributed by atoms with Gasteiger partial charge < -0.3 is 14.8 Å². The van der Waals surface area contributed by atoms with E-state index in [4.69, 9.17) is 9.47 Å². The standard InChI is InChI=1S/C12H23NO2/c1-3-11(13-2)10-4-6-15-12(8-10)5-7-14-9-12/h10-11,13H,3-9H2,1-2H3. The predicted molar refractivity (Wildman–Crippen MR) is 60.0 cm³/mol. The zero-order valence-corrected chi connectivity index (χ0v) is 9.92. The van der Waals surface area contributed by atoms with Gasteiger partial charge >= 0.3 is 0 Å². The third-order valence-electron chi connectivity index (χ3n) is 3.98. The Kier molecular flexibility index (Phi) is 3.65. The van der Waals surface area contributed by atoms with E-state index in [1.807, 2.05) is 0 Å². The molecule has 3 atom stereocenters. The molecule has 0 saturated carbocycles. The smallest absolute Gasteiger partial charge is 0.0939 e. The zero-order valence-electron chi connectivity index (χ0n) is 9.92. The maximum absolute atomic E-state index is 5.94. The lowest BCUT2D eigenvalue weighted by Gasteiger charge is -2.40. The Hall–Kier alpha value is -0.120. The Bertz CT molecular complexity index is 198. The number of nitrogens with one attached hydrogen (secondary N) is 1. The van der Waals surface area contributed by atoms with Gasteiger partial charge in [0, 0.05) is 25.7 Å². The lowest BCUT2D eigenvalue weighted by molar-refractivity contribution is -0.103. The van der Waals surface area contributed by atoms with Crippen molar-refractivity contribution in [2.24, 2.45) is 5.92 Å². The van der Waals surface area contributed by atoms with E-state index in [1.54, 1.807) is 0 Å². The van der Waals surface area contributed by atoms with Crippen molar-refractivity contribution in [1.29, 1.82) is 0 Å². The summed E-state index contributed by atoms with van der Waals surface area (Å²) >= 11 is 0. The molecule has 1 N–H and O–H groups in total. The van der Waals surface area contributed by atoms with Crippen molar-refractivity contribution in [3.63, 3.8) is 0 Å². The van der Waals surface area contributed by atoms with Gasteiger partial charge in [0.15, 0.2) is 0 Å². The summed E-state index contributed by atoms with van der Waals surface area (Å²) in [5, 5.41) is 3.43. The average Bonchev–Trinajstić information content (AvgIpc) is 2.68. The summed E-state index contributed by atoms with van der Waals surface area (Å²) in [6.45, 7) is 4.85. The minimum Gasteiger partial charge on any atom is -0.378 e.